The second-order valence-corrected chi connectivity index (χ2v) is 5.89. The highest BCUT2D eigenvalue weighted by Crippen LogP contribution is 2.30. The lowest BCUT2D eigenvalue weighted by Gasteiger charge is -2.20. The maximum absolute atomic E-state index is 11.7. The van der Waals surface area contributed by atoms with E-state index in [0.717, 1.165) is 6.42 Å². The Morgan fingerprint density at radius 1 is 1.38 bits per heavy atom. The van der Waals surface area contributed by atoms with Gasteiger partial charge in [-0.25, -0.2) is 4.79 Å². The van der Waals surface area contributed by atoms with Crippen LogP contribution in [0.5, 0.6) is 5.75 Å². The second kappa shape index (κ2) is 7.31. The molecule has 0 aliphatic rings. The van der Waals surface area contributed by atoms with Gasteiger partial charge in [0.25, 0.3) is 0 Å². The first-order valence-electron chi connectivity index (χ1n) is 7.13. The van der Waals surface area contributed by atoms with Crippen LogP contribution in [-0.4, -0.2) is 23.9 Å². The molecule has 0 saturated heterocycles. The van der Waals surface area contributed by atoms with Gasteiger partial charge in [0, 0.05) is 17.3 Å². The molecule has 5 heteroatoms. The summed E-state index contributed by atoms with van der Waals surface area (Å²) in [6, 6.07) is 5.16. The first kappa shape index (κ1) is 17.3. The molecule has 0 saturated carbocycles. The van der Waals surface area contributed by atoms with Gasteiger partial charge in [0.05, 0.1) is 13.2 Å². The zero-order valence-corrected chi connectivity index (χ0v) is 13.4. The normalized spacial score (nSPS) is 12.7. The number of carbonyl (C=O) groups is 1. The molecular formula is C16H25NO4. The van der Waals surface area contributed by atoms with E-state index in [4.69, 9.17) is 9.47 Å². The minimum absolute atomic E-state index is 0.522. The Balaban J connectivity index is 2.85. The molecule has 5 nitrogen and oxygen atoms in total. The molecule has 21 heavy (non-hydrogen) atoms. The lowest BCUT2D eigenvalue weighted by atomic mass is 10.0. The molecule has 0 aliphatic carbocycles. The standard InChI is InChI=1S/C16H25NO4/c1-6-7-13(18)12-9-8-11(10-14(12)20-5)17-15(19)21-16(2,3)4/h8-10,13,18H,6-7H2,1-5H3,(H,17,19). The first-order chi connectivity index (χ1) is 9.76. The van der Waals surface area contributed by atoms with Gasteiger partial charge < -0.3 is 14.6 Å². The number of amides is 1. The zero-order chi connectivity index (χ0) is 16.0. The summed E-state index contributed by atoms with van der Waals surface area (Å²) in [5.41, 5.74) is 0.730. The summed E-state index contributed by atoms with van der Waals surface area (Å²) >= 11 is 0. The Morgan fingerprint density at radius 3 is 2.57 bits per heavy atom. The van der Waals surface area contributed by atoms with Gasteiger partial charge in [-0.2, -0.15) is 0 Å². The molecule has 0 heterocycles. The molecule has 1 aromatic carbocycles. The van der Waals surface area contributed by atoms with Crippen molar-refractivity contribution < 1.29 is 19.4 Å². The van der Waals surface area contributed by atoms with E-state index in [-0.39, 0.29) is 0 Å². The Kier molecular flexibility index (Phi) is 6.03. The van der Waals surface area contributed by atoms with Crippen molar-refractivity contribution in [1.82, 2.24) is 0 Å². The number of aliphatic hydroxyl groups excluding tert-OH is 1. The van der Waals surface area contributed by atoms with Crippen LogP contribution in [0.1, 0.15) is 52.2 Å². The van der Waals surface area contributed by atoms with Crippen molar-refractivity contribution >= 4 is 11.8 Å². The Morgan fingerprint density at radius 2 is 2.05 bits per heavy atom. The van der Waals surface area contributed by atoms with E-state index in [1.807, 2.05) is 6.92 Å². The summed E-state index contributed by atoms with van der Waals surface area (Å²) in [7, 11) is 1.54. The lowest BCUT2D eigenvalue weighted by molar-refractivity contribution is 0.0636. The van der Waals surface area contributed by atoms with Gasteiger partial charge in [-0.15, -0.1) is 0 Å². The summed E-state index contributed by atoms with van der Waals surface area (Å²) in [4.78, 5) is 11.7. The Hall–Kier alpha value is -1.75. The minimum atomic E-state index is -0.569. The molecule has 0 fully saturated rings. The number of ether oxygens (including phenoxy) is 2. The molecule has 0 spiro atoms. The van der Waals surface area contributed by atoms with E-state index in [1.165, 1.54) is 7.11 Å². The number of methoxy groups -OCH3 is 1. The SMILES string of the molecule is CCCC(O)c1ccc(NC(=O)OC(C)(C)C)cc1OC. The van der Waals surface area contributed by atoms with Crippen LogP contribution in [0.25, 0.3) is 0 Å². The van der Waals surface area contributed by atoms with Crippen LogP contribution in [0.3, 0.4) is 0 Å². The third-order valence-corrected chi connectivity index (χ3v) is 2.80. The molecular weight excluding hydrogens is 270 g/mol. The van der Waals surface area contributed by atoms with Crippen LogP contribution in [0.15, 0.2) is 18.2 Å². The van der Waals surface area contributed by atoms with Gasteiger partial charge in [0.1, 0.15) is 11.4 Å². The molecule has 1 aromatic rings. The third-order valence-electron chi connectivity index (χ3n) is 2.80. The highest BCUT2D eigenvalue weighted by atomic mass is 16.6. The zero-order valence-electron chi connectivity index (χ0n) is 13.4. The molecule has 1 amide bonds. The van der Waals surface area contributed by atoms with Gasteiger partial charge >= 0.3 is 6.09 Å². The van der Waals surface area contributed by atoms with Crippen molar-refractivity contribution in [3.63, 3.8) is 0 Å². The van der Waals surface area contributed by atoms with Gasteiger partial charge in [0.2, 0.25) is 0 Å². The molecule has 0 bridgehead atoms. The summed E-state index contributed by atoms with van der Waals surface area (Å²) < 4.78 is 10.5. The molecule has 0 aromatic heterocycles. The van der Waals surface area contributed by atoms with E-state index < -0.39 is 17.8 Å². The quantitative estimate of drug-likeness (QED) is 0.865. The number of hydrogen-bond acceptors (Lipinski definition) is 4. The van der Waals surface area contributed by atoms with Gasteiger partial charge in [0.15, 0.2) is 0 Å². The molecule has 118 valence electrons. The summed E-state index contributed by atoms with van der Waals surface area (Å²) in [5.74, 6) is 0.546. The molecule has 1 rings (SSSR count). The number of nitrogens with one attached hydrogen (secondary N) is 1. The molecule has 0 radical (unpaired) electrons. The van der Waals surface area contributed by atoms with Crippen molar-refractivity contribution in [2.24, 2.45) is 0 Å². The van der Waals surface area contributed by atoms with Crippen LogP contribution in [0.4, 0.5) is 10.5 Å². The average Bonchev–Trinajstić information content (AvgIpc) is 2.36. The number of carbonyl (C=O) groups excluding carboxylic acids is 1. The number of anilines is 1. The van der Waals surface area contributed by atoms with Gasteiger partial charge in [-0.05, 0) is 33.3 Å². The van der Waals surface area contributed by atoms with Crippen molar-refractivity contribution in [2.45, 2.75) is 52.2 Å². The third kappa shape index (κ3) is 5.63. The van der Waals surface area contributed by atoms with Crippen LogP contribution >= 0.6 is 0 Å². The lowest BCUT2D eigenvalue weighted by Crippen LogP contribution is -2.27. The largest absolute Gasteiger partial charge is 0.496 e. The fraction of sp³-hybridized carbons (Fsp3) is 0.562. The Bertz CT molecular complexity index is 480. The minimum Gasteiger partial charge on any atom is -0.496 e. The topological polar surface area (TPSA) is 67.8 Å². The fourth-order valence-electron chi connectivity index (χ4n) is 1.91. The maximum Gasteiger partial charge on any atom is 0.412 e. The molecule has 0 aliphatic heterocycles. The summed E-state index contributed by atoms with van der Waals surface area (Å²) in [5, 5.41) is 12.7. The summed E-state index contributed by atoms with van der Waals surface area (Å²) in [6.45, 7) is 7.42. The van der Waals surface area contributed by atoms with Crippen molar-refractivity contribution in [3.05, 3.63) is 23.8 Å². The van der Waals surface area contributed by atoms with E-state index in [0.29, 0.717) is 23.4 Å². The fourth-order valence-corrected chi connectivity index (χ4v) is 1.91. The van der Waals surface area contributed by atoms with E-state index >= 15 is 0 Å². The van der Waals surface area contributed by atoms with Crippen LogP contribution in [0, 0.1) is 0 Å². The Labute approximate surface area is 126 Å². The smallest absolute Gasteiger partial charge is 0.412 e. The molecule has 2 N–H and O–H groups in total. The molecule has 1 atom stereocenters. The van der Waals surface area contributed by atoms with Crippen molar-refractivity contribution in [3.8, 4) is 5.75 Å². The molecule has 1 unspecified atom stereocenters. The first-order valence-corrected chi connectivity index (χ1v) is 7.13. The van der Waals surface area contributed by atoms with Crippen molar-refractivity contribution in [2.75, 3.05) is 12.4 Å². The van der Waals surface area contributed by atoms with E-state index in [2.05, 4.69) is 5.32 Å². The van der Waals surface area contributed by atoms with Crippen LogP contribution < -0.4 is 10.1 Å². The summed E-state index contributed by atoms with van der Waals surface area (Å²) in [6.07, 6.45) is 0.448. The average molecular weight is 295 g/mol. The number of benzene rings is 1. The number of rotatable bonds is 5. The van der Waals surface area contributed by atoms with E-state index in [1.54, 1.807) is 39.0 Å². The van der Waals surface area contributed by atoms with Gasteiger partial charge in [-0.1, -0.05) is 19.4 Å². The highest BCUT2D eigenvalue weighted by Gasteiger charge is 2.17. The number of hydrogen-bond donors (Lipinski definition) is 2. The van der Waals surface area contributed by atoms with Gasteiger partial charge in [-0.3, -0.25) is 5.32 Å². The number of aliphatic hydroxyl groups is 1. The van der Waals surface area contributed by atoms with Crippen molar-refractivity contribution in [1.29, 1.82) is 0 Å². The highest BCUT2D eigenvalue weighted by molar-refractivity contribution is 5.85. The predicted molar refractivity (Wildman–Crippen MR) is 82.7 cm³/mol. The monoisotopic (exact) mass is 295 g/mol. The van der Waals surface area contributed by atoms with Crippen LogP contribution in [0.2, 0.25) is 0 Å². The second-order valence-electron chi connectivity index (χ2n) is 5.89. The van der Waals surface area contributed by atoms with Crippen LogP contribution in [-0.2, 0) is 4.74 Å². The van der Waals surface area contributed by atoms with E-state index in [9.17, 15) is 9.90 Å². The predicted octanol–water partition coefficient (Wildman–Crippen LogP) is 3.88. The maximum atomic E-state index is 11.7.